The van der Waals surface area contributed by atoms with Crippen molar-refractivity contribution in [2.24, 2.45) is 0 Å². The number of amides is 1. The van der Waals surface area contributed by atoms with E-state index in [0.717, 1.165) is 21.6 Å². The van der Waals surface area contributed by atoms with Crippen molar-refractivity contribution in [3.63, 3.8) is 0 Å². The Balaban J connectivity index is 1.35. The van der Waals surface area contributed by atoms with Crippen LogP contribution in [0.4, 0.5) is 5.13 Å². The summed E-state index contributed by atoms with van der Waals surface area (Å²) in [6, 6.07) is 24.5. The summed E-state index contributed by atoms with van der Waals surface area (Å²) in [6.07, 6.45) is 0.676. The lowest BCUT2D eigenvalue weighted by Gasteiger charge is -2.24. The first kappa shape index (κ1) is 28.9. The number of aromatic nitrogens is 1. The quantitative estimate of drug-likeness (QED) is 0.112. The van der Waals surface area contributed by atoms with Gasteiger partial charge in [0.2, 0.25) is 0 Å². The number of rotatable bonds is 7. The molecule has 1 N–H and O–H groups in total. The molecule has 45 heavy (non-hydrogen) atoms. The topological polar surface area (TPSA) is 98.2 Å². The molecule has 0 unspecified atom stereocenters. The predicted molar refractivity (Wildman–Crippen MR) is 173 cm³/mol. The normalized spacial score (nSPS) is 18.7. The first-order chi connectivity index (χ1) is 21.8. The number of nitrogens with zero attached hydrogens (tertiary/aromatic N) is 2. The van der Waals surface area contributed by atoms with Crippen LogP contribution in [0.25, 0.3) is 16.0 Å². The molecule has 1 saturated heterocycles. The first-order valence-corrected chi connectivity index (χ1v) is 15.5. The zero-order chi connectivity index (χ0) is 31.2. The molecule has 3 heterocycles. The van der Waals surface area contributed by atoms with Crippen molar-refractivity contribution in [3.8, 4) is 17.2 Å². The van der Waals surface area contributed by atoms with Gasteiger partial charge in [-0.3, -0.25) is 14.5 Å². The van der Waals surface area contributed by atoms with Crippen molar-refractivity contribution < 1.29 is 28.9 Å². The van der Waals surface area contributed by atoms with Crippen LogP contribution < -0.4 is 19.1 Å². The van der Waals surface area contributed by atoms with E-state index in [4.69, 9.17) is 25.8 Å². The predicted octanol–water partition coefficient (Wildman–Crippen LogP) is 7.49. The molecule has 2 aliphatic heterocycles. The van der Waals surface area contributed by atoms with Crippen molar-refractivity contribution in [2.45, 2.75) is 32.1 Å². The zero-order valence-electron chi connectivity index (χ0n) is 24.3. The van der Waals surface area contributed by atoms with E-state index < -0.39 is 17.7 Å². The third-order valence-electron chi connectivity index (χ3n) is 7.90. The van der Waals surface area contributed by atoms with Gasteiger partial charge in [0.15, 0.2) is 16.6 Å². The van der Waals surface area contributed by atoms with Crippen LogP contribution >= 0.6 is 22.9 Å². The molecular weight excluding hydrogens is 612 g/mol. The van der Waals surface area contributed by atoms with Crippen LogP contribution in [-0.4, -0.2) is 35.0 Å². The number of aliphatic hydroxyl groups is 1. The van der Waals surface area contributed by atoms with E-state index in [1.54, 1.807) is 54.6 Å². The number of carbonyl (C=O) groups excluding carboxylic acids is 2. The van der Waals surface area contributed by atoms with Gasteiger partial charge in [-0.05, 0) is 72.1 Å². The fraction of sp³-hybridized carbons (Fsp3) is 0.171. The number of aliphatic hydroxyl groups excluding tert-OH is 1. The van der Waals surface area contributed by atoms with Gasteiger partial charge in [-0.25, -0.2) is 4.98 Å². The standard InChI is InChI=1S/C35H27ClN2O6S/c1-19-14-23-15-22(9-12-26(23)44-19)32(39)30-31(21-8-13-27(28(16-21)42-2)43-18-20-6-4-3-5-7-20)38(34(41)33(30)40)35-37-25-11-10-24(36)17-29(25)45-35/h3-13,15-17,19,31,39H,14,18H2,1-2H3/t19-,31-/m1/s1. The smallest absolute Gasteiger partial charge is 0.301 e. The number of methoxy groups -OCH3 is 1. The van der Waals surface area contributed by atoms with Crippen LogP contribution in [0.2, 0.25) is 5.02 Å². The number of ether oxygens (including phenoxy) is 3. The molecule has 4 aromatic carbocycles. The van der Waals surface area contributed by atoms with Crippen LogP contribution in [0.5, 0.6) is 17.2 Å². The molecule has 1 amide bonds. The van der Waals surface area contributed by atoms with Crippen molar-refractivity contribution >= 4 is 55.7 Å². The van der Waals surface area contributed by atoms with Gasteiger partial charge in [0.25, 0.3) is 5.78 Å². The SMILES string of the molecule is COc1cc([C@@H]2C(=C(O)c3ccc4c(c3)C[C@@H](C)O4)C(=O)C(=O)N2c2nc3ccc(Cl)cc3s2)ccc1OCc1ccccc1. The molecule has 0 spiro atoms. The van der Waals surface area contributed by atoms with Gasteiger partial charge >= 0.3 is 5.91 Å². The number of carbonyl (C=O) groups is 2. The molecule has 0 aliphatic carbocycles. The Morgan fingerprint density at radius 3 is 2.67 bits per heavy atom. The summed E-state index contributed by atoms with van der Waals surface area (Å²) < 4.78 is 18.3. The molecule has 1 fully saturated rings. The monoisotopic (exact) mass is 638 g/mol. The summed E-state index contributed by atoms with van der Waals surface area (Å²) in [7, 11) is 1.52. The lowest BCUT2D eigenvalue weighted by molar-refractivity contribution is -0.132. The summed E-state index contributed by atoms with van der Waals surface area (Å²) in [5.41, 5.74) is 3.44. The Morgan fingerprint density at radius 2 is 1.87 bits per heavy atom. The van der Waals surface area contributed by atoms with Crippen LogP contribution in [0.3, 0.4) is 0 Å². The maximum Gasteiger partial charge on any atom is 0.301 e. The molecule has 1 aromatic heterocycles. The van der Waals surface area contributed by atoms with Gasteiger partial charge in [0, 0.05) is 17.0 Å². The number of benzene rings is 4. The number of fused-ring (bicyclic) bond motifs is 2. The van der Waals surface area contributed by atoms with Gasteiger partial charge in [-0.15, -0.1) is 0 Å². The lowest BCUT2D eigenvalue weighted by atomic mass is 9.94. The maximum absolute atomic E-state index is 13.8. The second kappa shape index (κ2) is 11.6. The molecular formula is C35H27ClN2O6S. The Morgan fingerprint density at radius 1 is 1.04 bits per heavy atom. The minimum Gasteiger partial charge on any atom is -0.507 e. The molecule has 226 valence electrons. The number of Topliss-reactive ketones (excluding diaryl/α,β-unsaturated/α-hetero) is 1. The molecule has 0 radical (unpaired) electrons. The highest BCUT2D eigenvalue weighted by Gasteiger charge is 2.48. The molecule has 8 nitrogen and oxygen atoms in total. The molecule has 7 rings (SSSR count). The molecule has 2 aliphatic rings. The van der Waals surface area contributed by atoms with E-state index in [-0.39, 0.29) is 17.4 Å². The number of anilines is 1. The second-order valence-corrected chi connectivity index (χ2v) is 12.4. The van der Waals surface area contributed by atoms with E-state index >= 15 is 0 Å². The largest absolute Gasteiger partial charge is 0.507 e. The summed E-state index contributed by atoms with van der Waals surface area (Å²) in [6.45, 7) is 2.29. The van der Waals surface area contributed by atoms with Crippen molar-refractivity contribution in [3.05, 3.63) is 118 Å². The maximum atomic E-state index is 13.8. The van der Waals surface area contributed by atoms with E-state index in [2.05, 4.69) is 4.98 Å². The summed E-state index contributed by atoms with van der Waals surface area (Å²) in [5.74, 6) is -0.259. The van der Waals surface area contributed by atoms with Gasteiger partial charge in [-0.1, -0.05) is 59.3 Å². The number of hydrogen-bond acceptors (Lipinski definition) is 8. The highest BCUT2D eigenvalue weighted by molar-refractivity contribution is 7.22. The first-order valence-electron chi connectivity index (χ1n) is 14.3. The molecule has 5 aromatic rings. The Labute approximate surface area is 268 Å². The van der Waals surface area contributed by atoms with Crippen LogP contribution in [-0.2, 0) is 22.6 Å². The summed E-state index contributed by atoms with van der Waals surface area (Å²) >= 11 is 7.47. The minimum atomic E-state index is -0.999. The van der Waals surface area contributed by atoms with Crippen molar-refractivity contribution in [2.75, 3.05) is 12.0 Å². The summed E-state index contributed by atoms with van der Waals surface area (Å²) in [5, 5.41) is 12.6. The fourth-order valence-electron chi connectivity index (χ4n) is 5.77. The van der Waals surface area contributed by atoms with Crippen LogP contribution in [0.15, 0.2) is 90.5 Å². The van der Waals surface area contributed by atoms with E-state index in [9.17, 15) is 14.7 Å². The molecule has 0 saturated carbocycles. The number of halogens is 1. The zero-order valence-corrected chi connectivity index (χ0v) is 25.9. The highest BCUT2D eigenvalue weighted by Crippen LogP contribution is 2.46. The van der Waals surface area contributed by atoms with Gasteiger partial charge in [0.05, 0.1) is 28.9 Å². The van der Waals surface area contributed by atoms with Gasteiger partial charge in [0.1, 0.15) is 24.2 Å². The average Bonchev–Trinajstić information content (AvgIpc) is 3.71. The lowest BCUT2D eigenvalue weighted by Crippen LogP contribution is -2.29. The van der Waals surface area contributed by atoms with Gasteiger partial charge in [-0.2, -0.15) is 0 Å². The Kier molecular flexibility index (Phi) is 7.43. The third-order valence-corrected chi connectivity index (χ3v) is 9.15. The number of hydrogen-bond donors (Lipinski definition) is 1. The summed E-state index contributed by atoms with van der Waals surface area (Å²) in [4.78, 5) is 33.6. The van der Waals surface area contributed by atoms with Crippen LogP contribution in [0, 0.1) is 0 Å². The van der Waals surface area contributed by atoms with Crippen molar-refractivity contribution in [1.82, 2.24) is 4.98 Å². The van der Waals surface area contributed by atoms with E-state index in [0.29, 0.717) is 51.3 Å². The van der Waals surface area contributed by atoms with E-state index in [1.165, 1.54) is 23.3 Å². The third kappa shape index (κ3) is 5.28. The minimum absolute atomic E-state index is 0.00519. The molecule has 10 heteroatoms. The average molecular weight is 639 g/mol. The van der Waals surface area contributed by atoms with Crippen LogP contribution in [0.1, 0.15) is 35.2 Å². The fourth-order valence-corrected chi connectivity index (χ4v) is 7.04. The Hall–Kier alpha value is -4.86. The van der Waals surface area contributed by atoms with Crippen molar-refractivity contribution in [1.29, 1.82) is 0 Å². The van der Waals surface area contributed by atoms with Gasteiger partial charge < -0.3 is 19.3 Å². The highest BCUT2D eigenvalue weighted by atomic mass is 35.5. The second-order valence-electron chi connectivity index (χ2n) is 10.9. The van der Waals surface area contributed by atoms with E-state index in [1.807, 2.05) is 37.3 Å². The molecule has 0 bridgehead atoms. The Bertz CT molecular complexity index is 2010. The number of ketones is 1. The molecule has 2 atom stereocenters. The number of thiazole rings is 1.